The van der Waals surface area contributed by atoms with Crippen molar-refractivity contribution in [2.45, 2.75) is 56.5 Å². The zero-order chi connectivity index (χ0) is 21.5. The van der Waals surface area contributed by atoms with Crippen LogP contribution >= 0.6 is 11.6 Å². The van der Waals surface area contributed by atoms with Crippen LogP contribution in [0.3, 0.4) is 0 Å². The molecule has 2 saturated carbocycles. The molecule has 1 heterocycles. The molecule has 166 valence electrons. The van der Waals surface area contributed by atoms with Gasteiger partial charge in [0.15, 0.2) is 0 Å². The molecule has 2 aliphatic carbocycles. The fourth-order valence-corrected chi connectivity index (χ4v) is 7.36. The third-order valence-electron chi connectivity index (χ3n) is 7.44. The van der Waals surface area contributed by atoms with E-state index in [0.717, 1.165) is 11.8 Å². The van der Waals surface area contributed by atoms with Crippen molar-refractivity contribution < 1.29 is 13.2 Å². The van der Waals surface area contributed by atoms with Gasteiger partial charge in [0.2, 0.25) is 15.9 Å². The molecular weight excluding hydrogens is 422 g/mol. The normalized spacial score (nSPS) is 29.6. The number of amides is 1. The third kappa shape index (κ3) is 4.40. The summed E-state index contributed by atoms with van der Waals surface area (Å²) in [7, 11) is -3.57. The quantitative estimate of drug-likeness (QED) is 0.718. The highest BCUT2D eigenvalue weighted by Gasteiger charge is 2.42. The van der Waals surface area contributed by atoms with Gasteiger partial charge in [-0.25, -0.2) is 8.42 Å². The number of hydrogen-bond acceptors (Lipinski definition) is 4. The van der Waals surface area contributed by atoms with Gasteiger partial charge in [-0.3, -0.25) is 9.69 Å². The molecule has 1 aromatic rings. The van der Waals surface area contributed by atoms with E-state index in [1.807, 2.05) is 6.92 Å². The fraction of sp³-hybridized carbons (Fsp3) is 0.682. The minimum absolute atomic E-state index is 0.0522. The molecule has 4 rings (SSSR count). The molecule has 6 nitrogen and oxygen atoms in total. The van der Waals surface area contributed by atoms with Crippen LogP contribution in [0.5, 0.6) is 0 Å². The molecular formula is C22H32ClN3O3S. The Morgan fingerprint density at radius 1 is 1.13 bits per heavy atom. The van der Waals surface area contributed by atoms with E-state index in [0.29, 0.717) is 37.1 Å². The van der Waals surface area contributed by atoms with E-state index >= 15 is 0 Å². The summed E-state index contributed by atoms with van der Waals surface area (Å²) in [6, 6.07) is 6.31. The van der Waals surface area contributed by atoms with Gasteiger partial charge < -0.3 is 5.32 Å². The molecule has 0 aromatic heterocycles. The molecule has 0 radical (unpaired) electrons. The zero-order valence-electron chi connectivity index (χ0n) is 17.8. The predicted octanol–water partition coefficient (Wildman–Crippen LogP) is 2.98. The van der Waals surface area contributed by atoms with Crippen LogP contribution in [0.1, 0.15) is 39.5 Å². The first kappa shape index (κ1) is 22.1. The van der Waals surface area contributed by atoms with Crippen molar-refractivity contribution in [3.05, 3.63) is 29.3 Å². The largest absolute Gasteiger partial charge is 0.352 e. The summed E-state index contributed by atoms with van der Waals surface area (Å²) in [5.74, 6) is 2.31. The van der Waals surface area contributed by atoms with Crippen LogP contribution in [0.25, 0.3) is 0 Å². The Hall–Kier alpha value is -1.15. The van der Waals surface area contributed by atoms with Gasteiger partial charge in [-0.15, -0.1) is 0 Å². The van der Waals surface area contributed by atoms with Crippen LogP contribution in [0.2, 0.25) is 5.02 Å². The highest BCUT2D eigenvalue weighted by Crippen LogP contribution is 2.49. The van der Waals surface area contributed by atoms with Crippen molar-refractivity contribution in [1.82, 2.24) is 14.5 Å². The lowest BCUT2D eigenvalue weighted by atomic mass is 9.84. The first-order chi connectivity index (χ1) is 14.3. The van der Waals surface area contributed by atoms with E-state index in [1.54, 1.807) is 18.2 Å². The highest BCUT2D eigenvalue weighted by molar-refractivity contribution is 7.89. The molecule has 0 spiro atoms. The second-order valence-electron chi connectivity index (χ2n) is 9.21. The van der Waals surface area contributed by atoms with Gasteiger partial charge in [0, 0.05) is 37.2 Å². The molecule has 1 N–H and O–H groups in total. The van der Waals surface area contributed by atoms with E-state index < -0.39 is 10.0 Å². The standard InChI is InChI=1S/C22H32ClN3O3S/c1-15(21-13-17-6-7-18(21)12-17)24-22(27)16(2)25-8-10-26(11-9-25)30(28,29)20-5-3-4-19(23)14-20/h3-5,14-18,21H,6-13H2,1-2H3,(H,24,27). The molecule has 3 fully saturated rings. The number of halogens is 1. The summed E-state index contributed by atoms with van der Waals surface area (Å²) >= 11 is 5.96. The number of sulfonamides is 1. The lowest BCUT2D eigenvalue weighted by Crippen LogP contribution is -2.56. The molecule has 3 aliphatic rings. The van der Waals surface area contributed by atoms with Gasteiger partial charge in [-0.2, -0.15) is 4.31 Å². The van der Waals surface area contributed by atoms with Crippen molar-refractivity contribution in [3.63, 3.8) is 0 Å². The van der Waals surface area contributed by atoms with Crippen LogP contribution in [-0.4, -0.2) is 61.8 Å². The van der Waals surface area contributed by atoms with E-state index in [2.05, 4.69) is 17.1 Å². The Labute approximate surface area is 185 Å². The number of nitrogens with one attached hydrogen (secondary N) is 1. The first-order valence-corrected chi connectivity index (χ1v) is 12.9. The first-order valence-electron chi connectivity index (χ1n) is 11.1. The van der Waals surface area contributed by atoms with Crippen molar-refractivity contribution in [3.8, 4) is 0 Å². The zero-order valence-corrected chi connectivity index (χ0v) is 19.3. The average molecular weight is 454 g/mol. The highest BCUT2D eigenvalue weighted by atomic mass is 35.5. The number of nitrogens with zero attached hydrogens (tertiary/aromatic N) is 2. The Kier molecular flexibility index (Phi) is 6.45. The lowest BCUT2D eigenvalue weighted by molar-refractivity contribution is -0.127. The molecule has 5 unspecified atom stereocenters. The minimum Gasteiger partial charge on any atom is -0.352 e. The monoisotopic (exact) mass is 453 g/mol. The maximum absolute atomic E-state index is 12.9. The topological polar surface area (TPSA) is 69.7 Å². The summed E-state index contributed by atoms with van der Waals surface area (Å²) < 4.78 is 27.2. The summed E-state index contributed by atoms with van der Waals surface area (Å²) in [4.78, 5) is 15.1. The number of hydrogen-bond donors (Lipinski definition) is 1. The smallest absolute Gasteiger partial charge is 0.243 e. The fourth-order valence-electron chi connectivity index (χ4n) is 5.63. The second kappa shape index (κ2) is 8.77. The van der Waals surface area contributed by atoms with Crippen LogP contribution < -0.4 is 5.32 Å². The predicted molar refractivity (Wildman–Crippen MR) is 118 cm³/mol. The van der Waals surface area contributed by atoms with Crippen molar-refractivity contribution in [2.24, 2.45) is 17.8 Å². The van der Waals surface area contributed by atoms with Crippen molar-refractivity contribution in [1.29, 1.82) is 0 Å². The van der Waals surface area contributed by atoms with Gasteiger partial charge in [-0.05, 0) is 69.1 Å². The molecule has 1 aromatic carbocycles. The second-order valence-corrected chi connectivity index (χ2v) is 11.6. The molecule has 8 heteroatoms. The van der Waals surface area contributed by atoms with E-state index in [4.69, 9.17) is 11.6 Å². The molecule has 5 atom stereocenters. The maximum atomic E-state index is 12.9. The summed E-state index contributed by atoms with van der Waals surface area (Å²) in [5.41, 5.74) is 0. The minimum atomic E-state index is -3.57. The van der Waals surface area contributed by atoms with E-state index in [1.165, 1.54) is 36.1 Å². The molecule has 1 aliphatic heterocycles. The van der Waals surface area contributed by atoms with E-state index in [-0.39, 0.29) is 22.9 Å². The lowest BCUT2D eigenvalue weighted by Gasteiger charge is -2.37. The average Bonchev–Trinajstić information content (AvgIpc) is 3.37. The SMILES string of the molecule is CC(NC(=O)C(C)N1CCN(S(=O)(=O)c2cccc(Cl)c2)CC1)C1CC2CCC1C2. The van der Waals surface area contributed by atoms with Crippen LogP contribution in [-0.2, 0) is 14.8 Å². The summed E-state index contributed by atoms with van der Waals surface area (Å²) in [6.45, 7) is 5.88. The maximum Gasteiger partial charge on any atom is 0.243 e. The van der Waals surface area contributed by atoms with Crippen LogP contribution in [0, 0.1) is 17.8 Å². The number of carbonyl (C=O) groups is 1. The molecule has 2 bridgehead atoms. The number of rotatable bonds is 6. The Morgan fingerprint density at radius 3 is 2.47 bits per heavy atom. The third-order valence-corrected chi connectivity index (χ3v) is 9.57. The number of carbonyl (C=O) groups excluding carboxylic acids is 1. The van der Waals surface area contributed by atoms with Gasteiger partial charge in [0.05, 0.1) is 10.9 Å². The van der Waals surface area contributed by atoms with E-state index in [9.17, 15) is 13.2 Å². The molecule has 30 heavy (non-hydrogen) atoms. The number of fused-ring (bicyclic) bond motifs is 2. The Bertz CT molecular complexity index is 885. The van der Waals surface area contributed by atoms with Crippen molar-refractivity contribution >= 4 is 27.5 Å². The Balaban J connectivity index is 1.30. The van der Waals surface area contributed by atoms with Gasteiger partial charge >= 0.3 is 0 Å². The van der Waals surface area contributed by atoms with Gasteiger partial charge in [0.1, 0.15) is 0 Å². The number of benzene rings is 1. The summed E-state index contributed by atoms with van der Waals surface area (Å²) in [5, 5.41) is 3.66. The van der Waals surface area contributed by atoms with Crippen LogP contribution in [0.15, 0.2) is 29.2 Å². The van der Waals surface area contributed by atoms with Gasteiger partial charge in [-0.1, -0.05) is 24.1 Å². The van der Waals surface area contributed by atoms with Gasteiger partial charge in [0.25, 0.3) is 0 Å². The molecule has 1 saturated heterocycles. The number of piperazine rings is 1. The Morgan fingerprint density at radius 2 is 1.87 bits per heavy atom. The summed E-state index contributed by atoms with van der Waals surface area (Å²) in [6.07, 6.45) is 5.26. The molecule has 1 amide bonds. The van der Waals surface area contributed by atoms with Crippen LogP contribution in [0.4, 0.5) is 0 Å². The van der Waals surface area contributed by atoms with Crippen molar-refractivity contribution in [2.75, 3.05) is 26.2 Å².